The van der Waals surface area contributed by atoms with E-state index in [2.05, 4.69) is 5.32 Å². The van der Waals surface area contributed by atoms with E-state index in [1.807, 2.05) is 7.05 Å². The molecule has 1 aromatic carbocycles. The third-order valence-corrected chi connectivity index (χ3v) is 3.32. The van der Waals surface area contributed by atoms with Crippen molar-refractivity contribution in [2.45, 2.75) is 18.8 Å². The van der Waals surface area contributed by atoms with Gasteiger partial charge in [0.1, 0.15) is 5.82 Å². The van der Waals surface area contributed by atoms with Crippen molar-refractivity contribution in [3.63, 3.8) is 0 Å². The van der Waals surface area contributed by atoms with Crippen molar-refractivity contribution in [3.05, 3.63) is 34.6 Å². The van der Waals surface area contributed by atoms with Gasteiger partial charge in [-0.1, -0.05) is 11.6 Å². The normalized spacial score (nSPS) is 17.8. The molecule has 0 saturated heterocycles. The average molecular weight is 228 g/mol. The average Bonchev–Trinajstić information content (AvgIpc) is 3.02. The van der Waals surface area contributed by atoms with Gasteiger partial charge in [0, 0.05) is 17.5 Å². The van der Waals surface area contributed by atoms with Crippen LogP contribution in [-0.4, -0.2) is 13.6 Å². The number of rotatable bonds is 4. The quantitative estimate of drug-likeness (QED) is 0.833. The van der Waals surface area contributed by atoms with E-state index in [9.17, 15) is 4.39 Å². The number of hydrogen-bond donors (Lipinski definition) is 1. The van der Waals surface area contributed by atoms with E-state index in [1.54, 1.807) is 12.1 Å². The Morgan fingerprint density at radius 1 is 1.53 bits per heavy atom. The molecular weight excluding hydrogens is 213 g/mol. The number of hydrogen-bond acceptors (Lipinski definition) is 1. The first kappa shape index (κ1) is 10.9. The molecular formula is C12H15ClFN. The minimum Gasteiger partial charge on any atom is -0.319 e. The Kier molecular flexibility index (Phi) is 3.27. The van der Waals surface area contributed by atoms with Crippen LogP contribution in [0.25, 0.3) is 0 Å². The number of nitrogens with one attached hydrogen (secondary N) is 1. The fraction of sp³-hybridized carbons (Fsp3) is 0.500. The van der Waals surface area contributed by atoms with Crippen molar-refractivity contribution in [2.24, 2.45) is 5.92 Å². The lowest BCUT2D eigenvalue weighted by Gasteiger charge is -2.17. The fourth-order valence-corrected chi connectivity index (χ4v) is 2.31. The van der Waals surface area contributed by atoms with Gasteiger partial charge in [0.2, 0.25) is 0 Å². The topological polar surface area (TPSA) is 12.0 Å². The van der Waals surface area contributed by atoms with Crippen LogP contribution in [0.2, 0.25) is 5.02 Å². The summed E-state index contributed by atoms with van der Waals surface area (Å²) in [4.78, 5) is 0. The van der Waals surface area contributed by atoms with E-state index >= 15 is 0 Å². The zero-order chi connectivity index (χ0) is 10.8. The highest BCUT2D eigenvalue weighted by Crippen LogP contribution is 2.44. The summed E-state index contributed by atoms with van der Waals surface area (Å²) in [5.41, 5.74) is 0.952. The highest BCUT2D eigenvalue weighted by atomic mass is 35.5. The maximum atomic E-state index is 13.2. The Bertz CT molecular complexity index is 349. The van der Waals surface area contributed by atoms with Gasteiger partial charge in [-0.2, -0.15) is 0 Å². The van der Waals surface area contributed by atoms with Crippen LogP contribution in [0, 0.1) is 11.7 Å². The van der Waals surface area contributed by atoms with Crippen molar-refractivity contribution in [3.8, 4) is 0 Å². The van der Waals surface area contributed by atoms with Crippen LogP contribution in [0.15, 0.2) is 18.2 Å². The van der Waals surface area contributed by atoms with Gasteiger partial charge in [-0.3, -0.25) is 0 Å². The molecule has 2 rings (SSSR count). The molecule has 82 valence electrons. The Morgan fingerprint density at radius 2 is 2.27 bits per heavy atom. The molecule has 1 aromatic rings. The lowest BCUT2D eigenvalue weighted by atomic mass is 9.94. The predicted octanol–water partition coefficient (Wildman–Crippen LogP) is 3.19. The molecule has 0 spiro atoms. The summed E-state index contributed by atoms with van der Waals surface area (Å²) in [5.74, 6) is 0.839. The smallest absolute Gasteiger partial charge is 0.123 e. The van der Waals surface area contributed by atoms with Crippen LogP contribution >= 0.6 is 11.6 Å². The van der Waals surface area contributed by atoms with E-state index in [0.717, 1.165) is 12.1 Å². The lowest BCUT2D eigenvalue weighted by molar-refractivity contribution is 0.558. The maximum absolute atomic E-state index is 13.2. The second-order valence-electron chi connectivity index (χ2n) is 4.17. The van der Waals surface area contributed by atoms with E-state index in [0.29, 0.717) is 16.9 Å². The zero-order valence-electron chi connectivity index (χ0n) is 8.76. The Morgan fingerprint density at radius 3 is 2.87 bits per heavy atom. The third kappa shape index (κ3) is 2.50. The summed E-state index contributed by atoms with van der Waals surface area (Å²) in [6, 6.07) is 4.63. The van der Waals surface area contributed by atoms with Crippen LogP contribution in [-0.2, 0) is 0 Å². The summed E-state index contributed by atoms with van der Waals surface area (Å²) in [6.45, 7) is 0.869. The first-order chi connectivity index (χ1) is 7.22. The first-order valence-electron chi connectivity index (χ1n) is 5.32. The molecule has 1 saturated carbocycles. The van der Waals surface area contributed by atoms with Crippen molar-refractivity contribution in [2.75, 3.05) is 13.6 Å². The van der Waals surface area contributed by atoms with Crippen molar-refractivity contribution in [1.29, 1.82) is 0 Å². The second kappa shape index (κ2) is 4.50. The molecule has 1 N–H and O–H groups in total. The molecule has 0 heterocycles. The Hall–Kier alpha value is -0.600. The molecule has 0 bridgehead atoms. The Balaban J connectivity index is 2.27. The monoisotopic (exact) mass is 227 g/mol. The second-order valence-corrected chi connectivity index (χ2v) is 4.57. The number of halogens is 2. The van der Waals surface area contributed by atoms with Crippen molar-refractivity contribution >= 4 is 11.6 Å². The summed E-state index contributed by atoms with van der Waals surface area (Å²) in [7, 11) is 1.92. The maximum Gasteiger partial charge on any atom is 0.123 e. The van der Waals surface area contributed by atoms with Gasteiger partial charge in [0.15, 0.2) is 0 Å². The third-order valence-electron chi connectivity index (χ3n) is 2.97. The van der Waals surface area contributed by atoms with E-state index in [4.69, 9.17) is 11.6 Å². The van der Waals surface area contributed by atoms with Gasteiger partial charge in [-0.25, -0.2) is 4.39 Å². The lowest BCUT2D eigenvalue weighted by Crippen LogP contribution is -2.19. The molecule has 1 unspecified atom stereocenters. The highest BCUT2D eigenvalue weighted by Gasteiger charge is 2.32. The van der Waals surface area contributed by atoms with Crippen molar-refractivity contribution < 1.29 is 4.39 Å². The van der Waals surface area contributed by atoms with Crippen LogP contribution in [0.5, 0.6) is 0 Å². The van der Waals surface area contributed by atoms with Crippen LogP contribution in [0.4, 0.5) is 4.39 Å². The zero-order valence-corrected chi connectivity index (χ0v) is 9.52. The molecule has 1 fully saturated rings. The molecule has 0 radical (unpaired) electrons. The highest BCUT2D eigenvalue weighted by molar-refractivity contribution is 6.31. The molecule has 0 aromatic heterocycles. The molecule has 0 aliphatic heterocycles. The number of likely N-dealkylation sites (N-methyl/N-ethyl adjacent to an activating group) is 1. The minimum atomic E-state index is -0.198. The van der Waals surface area contributed by atoms with Crippen LogP contribution in [0.3, 0.4) is 0 Å². The molecule has 3 heteroatoms. The van der Waals surface area contributed by atoms with Gasteiger partial charge in [-0.15, -0.1) is 0 Å². The Labute approximate surface area is 94.6 Å². The standard InChI is InChI=1S/C12H15ClFN/c1-15-7-11(8-2-3-8)10-6-9(14)4-5-12(10)13/h4-6,8,11,15H,2-3,7H2,1H3. The largest absolute Gasteiger partial charge is 0.319 e. The summed E-state index contributed by atoms with van der Waals surface area (Å²) in [5, 5.41) is 3.84. The molecule has 1 aliphatic carbocycles. The van der Waals surface area contributed by atoms with E-state index < -0.39 is 0 Å². The molecule has 0 amide bonds. The minimum absolute atomic E-state index is 0.198. The van der Waals surface area contributed by atoms with Gasteiger partial charge < -0.3 is 5.32 Å². The molecule has 1 atom stereocenters. The van der Waals surface area contributed by atoms with E-state index in [-0.39, 0.29) is 5.82 Å². The van der Waals surface area contributed by atoms with Gasteiger partial charge in [0.25, 0.3) is 0 Å². The molecule has 15 heavy (non-hydrogen) atoms. The van der Waals surface area contributed by atoms with Crippen LogP contribution in [0.1, 0.15) is 24.3 Å². The van der Waals surface area contributed by atoms with Crippen molar-refractivity contribution in [1.82, 2.24) is 5.32 Å². The predicted molar refractivity (Wildman–Crippen MR) is 60.8 cm³/mol. The van der Waals surface area contributed by atoms with Crippen LogP contribution < -0.4 is 5.32 Å². The molecule has 1 aliphatic rings. The summed E-state index contributed by atoms with van der Waals surface area (Å²) < 4.78 is 13.2. The fourth-order valence-electron chi connectivity index (χ4n) is 2.05. The van der Waals surface area contributed by atoms with Gasteiger partial charge in [-0.05, 0) is 49.6 Å². The van der Waals surface area contributed by atoms with Gasteiger partial charge >= 0.3 is 0 Å². The SMILES string of the molecule is CNCC(c1cc(F)ccc1Cl)C1CC1. The summed E-state index contributed by atoms with van der Waals surface area (Å²) >= 11 is 6.10. The van der Waals surface area contributed by atoms with Gasteiger partial charge in [0.05, 0.1) is 0 Å². The summed E-state index contributed by atoms with van der Waals surface area (Å²) in [6.07, 6.45) is 2.47. The first-order valence-corrected chi connectivity index (χ1v) is 5.69. The number of benzene rings is 1. The molecule has 1 nitrogen and oxygen atoms in total. The van der Waals surface area contributed by atoms with E-state index in [1.165, 1.54) is 18.9 Å².